The van der Waals surface area contributed by atoms with Gasteiger partial charge in [-0.2, -0.15) is 0 Å². The molecule has 0 saturated carbocycles. The van der Waals surface area contributed by atoms with E-state index in [1.54, 1.807) is 22.6 Å². The van der Waals surface area contributed by atoms with Crippen LogP contribution >= 0.6 is 22.6 Å². The van der Waals surface area contributed by atoms with Crippen molar-refractivity contribution >= 4 is 34.5 Å². The van der Waals surface area contributed by atoms with E-state index in [0.29, 0.717) is 3.57 Å². The van der Waals surface area contributed by atoms with Crippen molar-refractivity contribution in [3.63, 3.8) is 0 Å². The molecule has 0 bridgehead atoms. The van der Waals surface area contributed by atoms with E-state index in [0.717, 1.165) is 12.1 Å². The largest absolute Gasteiger partial charge is 0.465 e. The second kappa shape index (κ2) is 7.51. The van der Waals surface area contributed by atoms with E-state index in [2.05, 4.69) is 0 Å². The van der Waals surface area contributed by atoms with Gasteiger partial charge in [0.15, 0.2) is 5.92 Å². The van der Waals surface area contributed by atoms with Crippen LogP contribution in [0.2, 0.25) is 0 Å². The lowest BCUT2D eigenvalue weighted by molar-refractivity contribution is -0.157. The Labute approximate surface area is 128 Å². The Balaban J connectivity index is 3.30. The zero-order valence-corrected chi connectivity index (χ0v) is 13.1. The van der Waals surface area contributed by atoms with Crippen LogP contribution in [0, 0.1) is 15.2 Å². The van der Waals surface area contributed by atoms with Gasteiger partial charge in [-0.3, -0.25) is 9.59 Å². The van der Waals surface area contributed by atoms with Crippen LogP contribution in [0.1, 0.15) is 25.3 Å². The molecule has 1 rings (SSSR count). The fourth-order valence-electron chi connectivity index (χ4n) is 1.61. The third-order valence-corrected chi connectivity index (χ3v) is 3.00. The second-order valence-corrected chi connectivity index (χ2v) is 4.97. The first-order valence-electron chi connectivity index (χ1n) is 5.90. The Kier molecular flexibility index (Phi) is 6.31. The normalized spacial score (nSPS) is 10.5. The molecule has 20 heavy (non-hydrogen) atoms. The lowest BCUT2D eigenvalue weighted by Crippen LogP contribution is -2.28. The summed E-state index contributed by atoms with van der Waals surface area (Å²) in [6, 6.07) is 2.06. The van der Waals surface area contributed by atoms with E-state index in [9.17, 15) is 18.4 Å². The summed E-state index contributed by atoms with van der Waals surface area (Å²) in [5, 5.41) is 0. The molecule has 0 aromatic heterocycles. The molecule has 0 heterocycles. The summed E-state index contributed by atoms with van der Waals surface area (Å²) in [6.45, 7) is 3.03. The number of benzene rings is 1. The highest BCUT2D eigenvalue weighted by atomic mass is 127. The predicted octanol–water partition coefficient (Wildman–Crippen LogP) is 2.78. The van der Waals surface area contributed by atoms with Crippen LogP contribution in [0.4, 0.5) is 8.78 Å². The molecule has 0 amide bonds. The highest BCUT2D eigenvalue weighted by Crippen LogP contribution is 2.27. The van der Waals surface area contributed by atoms with Gasteiger partial charge in [0, 0.05) is 9.13 Å². The van der Waals surface area contributed by atoms with Crippen LogP contribution in [0.15, 0.2) is 12.1 Å². The van der Waals surface area contributed by atoms with E-state index in [1.807, 2.05) is 0 Å². The number of esters is 2. The average Bonchev–Trinajstić information content (AvgIpc) is 2.33. The van der Waals surface area contributed by atoms with Crippen molar-refractivity contribution in [2.45, 2.75) is 19.8 Å². The van der Waals surface area contributed by atoms with E-state index < -0.39 is 35.1 Å². The van der Waals surface area contributed by atoms with Gasteiger partial charge in [-0.15, -0.1) is 0 Å². The summed E-state index contributed by atoms with van der Waals surface area (Å²) in [7, 11) is 0. The summed E-state index contributed by atoms with van der Waals surface area (Å²) in [5.74, 6) is -5.80. The van der Waals surface area contributed by atoms with Gasteiger partial charge >= 0.3 is 11.9 Å². The van der Waals surface area contributed by atoms with E-state index in [4.69, 9.17) is 9.47 Å². The molecule has 1 aromatic carbocycles. The van der Waals surface area contributed by atoms with Crippen molar-refractivity contribution < 1.29 is 27.8 Å². The molecule has 0 saturated heterocycles. The van der Waals surface area contributed by atoms with Crippen LogP contribution in [-0.2, 0) is 19.1 Å². The van der Waals surface area contributed by atoms with Crippen molar-refractivity contribution in [1.29, 1.82) is 0 Å². The van der Waals surface area contributed by atoms with Gasteiger partial charge in [0.25, 0.3) is 0 Å². The number of hydrogen-bond donors (Lipinski definition) is 0. The SMILES string of the molecule is CCOC(=O)C(C(=O)OCC)c1c(F)cc(I)cc1F. The molecule has 0 atom stereocenters. The zero-order chi connectivity index (χ0) is 15.3. The quantitative estimate of drug-likeness (QED) is 0.435. The van der Waals surface area contributed by atoms with Gasteiger partial charge in [0.2, 0.25) is 0 Å². The van der Waals surface area contributed by atoms with Crippen LogP contribution in [0.5, 0.6) is 0 Å². The lowest BCUT2D eigenvalue weighted by atomic mass is 9.98. The molecule has 1 aromatic rings. The van der Waals surface area contributed by atoms with Crippen LogP contribution in [0.25, 0.3) is 0 Å². The first-order chi connectivity index (χ1) is 9.42. The lowest BCUT2D eigenvalue weighted by Gasteiger charge is -2.16. The molecule has 0 aliphatic heterocycles. The molecule has 0 aliphatic rings. The van der Waals surface area contributed by atoms with E-state index in [-0.39, 0.29) is 13.2 Å². The molecular weight excluding hydrogens is 385 g/mol. The summed E-state index contributed by atoms with van der Waals surface area (Å²) >= 11 is 1.73. The number of carbonyl (C=O) groups is 2. The molecule has 0 radical (unpaired) electrons. The van der Waals surface area contributed by atoms with Crippen molar-refractivity contribution in [1.82, 2.24) is 0 Å². The maximum atomic E-state index is 13.9. The van der Waals surface area contributed by atoms with Gasteiger partial charge in [0.1, 0.15) is 11.6 Å². The van der Waals surface area contributed by atoms with Gasteiger partial charge in [-0.25, -0.2) is 8.78 Å². The fourth-order valence-corrected chi connectivity index (χ4v) is 2.16. The van der Waals surface area contributed by atoms with E-state index >= 15 is 0 Å². The van der Waals surface area contributed by atoms with Crippen molar-refractivity contribution in [2.24, 2.45) is 0 Å². The predicted molar refractivity (Wildman–Crippen MR) is 75.1 cm³/mol. The zero-order valence-electron chi connectivity index (χ0n) is 10.9. The fraction of sp³-hybridized carbons (Fsp3) is 0.385. The standard InChI is InChI=1S/C13H13F2IO4/c1-3-19-12(17)11(13(18)20-4-2)10-8(14)5-7(16)6-9(10)15/h5-6,11H,3-4H2,1-2H3. The maximum Gasteiger partial charge on any atom is 0.325 e. The van der Waals surface area contributed by atoms with Crippen molar-refractivity contribution in [2.75, 3.05) is 13.2 Å². The first-order valence-corrected chi connectivity index (χ1v) is 6.97. The van der Waals surface area contributed by atoms with Crippen molar-refractivity contribution in [3.05, 3.63) is 32.9 Å². The van der Waals surface area contributed by atoms with Crippen molar-refractivity contribution in [3.8, 4) is 0 Å². The molecule has 110 valence electrons. The van der Waals surface area contributed by atoms with Gasteiger partial charge in [-0.05, 0) is 48.6 Å². The minimum atomic E-state index is -1.76. The first kappa shape index (κ1) is 16.8. The van der Waals surface area contributed by atoms with Gasteiger partial charge in [0.05, 0.1) is 13.2 Å². The van der Waals surface area contributed by atoms with Crippen LogP contribution in [-0.4, -0.2) is 25.2 Å². The number of hydrogen-bond acceptors (Lipinski definition) is 4. The number of carbonyl (C=O) groups excluding carboxylic acids is 2. The minimum absolute atomic E-state index is 0.0116. The van der Waals surface area contributed by atoms with Gasteiger partial charge in [-0.1, -0.05) is 0 Å². The summed E-state index contributed by atoms with van der Waals surface area (Å²) in [4.78, 5) is 23.6. The van der Waals surface area contributed by atoms with Crippen LogP contribution in [0.3, 0.4) is 0 Å². The summed E-state index contributed by atoms with van der Waals surface area (Å²) in [5.41, 5.74) is -0.651. The Bertz CT molecular complexity index is 478. The highest BCUT2D eigenvalue weighted by molar-refractivity contribution is 14.1. The molecule has 0 N–H and O–H groups in total. The Morgan fingerprint density at radius 3 is 1.85 bits per heavy atom. The molecule has 4 nitrogen and oxygen atoms in total. The monoisotopic (exact) mass is 398 g/mol. The van der Waals surface area contributed by atoms with E-state index in [1.165, 1.54) is 13.8 Å². The third-order valence-electron chi connectivity index (χ3n) is 2.38. The highest BCUT2D eigenvalue weighted by Gasteiger charge is 2.36. The smallest absolute Gasteiger partial charge is 0.325 e. The second-order valence-electron chi connectivity index (χ2n) is 3.72. The average molecular weight is 398 g/mol. The third kappa shape index (κ3) is 3.87. The minimum Gasteiger partial charge on any atom is -0.465 e. The van der Waals surface area contributed by atoms with Crippen LogP contribution < -0.4 is 0 Å². The Morgan fingerprint density at radius 2 is 1.50 bits per heavy atom. The molecule has 0 aliphatic carbocycles. The summed E-state index contributed by atoms with van der Waals surface area (Å²) in [6.07, 6.45) is 0. The summed E-state index contributed by atoms with van der Waals surface area (Å²) < 4.78 is 37.5. The topological polar surface area (TPSA) is 52.6 Å². The number of ether oxygens (including phenoxy) is 2. The van der Waals surface area contributed by atoms with Gasteiger partial charge < -0.3 is 9.47 Å². The number of rotatable bonds is 5. The maximum absolute atomic E-state index is 13.9. The molecule has 7 heteroatoms. The Morgan fingerprint density at radius 1 is 1.10 bits per heavy atom. The Hall–Kier alpha value is -1.25. The molecule has 0 unspecified atom stereocenters. The molecular formula is C13H13F2IO4. The number of halogens is 3. The molecule has 0 spiro atoms. The molecule has 0 fully saturated rings.